The standard InChI is InChI=1S/C14H10N2O3/c1-19-13-6-10(14(17)18)3-4-11(13)12-5-2-9(7-15)8-16-12/h2-6,8H,1H3,(H,17,18). The van der Waals surface area contributed by atoms with Gasteiger partial charge < -0.3 is 9.84 Å². The Bertz CT molecular complexity index is 657. The summed E-state index contributed by atoms with van der Waals surface area (Å²) in [6.45, 7) is 0. The number of carbonyl (C=O) groups is 1. The van der Waals surface area contributed by atoms with Gasteiger partial charge in [0.05, 0.1) is 23.9 Å². The third-order valence-corrected chi connectivity index (χ3v) is 2.62. The molecule has 5 nitrogen and oxygen atoms in total. The molecular weight excluding hydrogens is 244 g/mol. The maximum Gasteiger partial charge on any atom is 0.335 e. The lowest BCUT2D eigenvalue weighted by molar-refractivity contribution is 0.0696. The molecule has 0 bridgehead atoms. The smallest absolute Gasteiger partial charge is 0.335 e. The van der Waals surface area contributed by atoms with Crippen LogP contribution in [0.15, 0.2) is 36.5 Å². The number of nitriles is 1. The zero-order valence-electron chi connectivity index (χ0n) is 10.1. The Hall–Kier alpha value is -2.87. The van der Waals surface area contributed by atoms with Crippen LogP contribution in [0.1, 0.15) is 15.9 Å². The predicted octanol–water partition coefficient (Wildman–Crippen LogP) is 2.33. The highest BCUT2D eigenvalue weighted by molar-refractivity contribution is 5.89. The van der Waals surface area contributed by atoms with Crippen molar-refractivity contribution in [3.63, 3.8) is 0 Å². The monoisotopic (exact) mass is 254 g/mol. The van der Waals surface area contributed by atoms with Gasteiger partial charge in [0.1, 0.15) is 11.8 Å². The molecule has 1 heterocycles. The van der Waals surface area contributed by atoms with E-state index in [1.165, 1.54) is 25.4 Å². The van der Waals surface area contributed by atoms with Crippen LogP contribution < -0.4 is 4.74 Å². The number of aromatic carboxylic acids is 1. The van der Waals surface area contributed by atoms with Gasteiger partial charge >= 0.3 is 5.97 Å². The van der Waals surface area contributed by atoms with Crippen LogP contribution >= 0.6 is 0 Å². The number of pyridine rings is 1. The van der Waals surface area contributed by atoms with Gasteiger partial charge in [0, 0.05) is 11.8 Å². The third-order valence-electron chi connectivity index (χ3n) is 2.62. The molecule has 5 heteroatoms. The van der Waals surface area contributed by atoms with Crippen LogP contribution in [-0.2, 0) is 0 Å². The quantitative estimate of drug-likeness (QED) is 0.908. The van der Waals surface area contributed by atoms with E-state index < -0.39 is 5.97 Å². The van der Waals surface area contributed by atoms with Crippen molar-refractivity contribution in [1.82, 2.24) is 4.98 Å². The van der Waals surface area contributed by atoms with Gasteiger partial charge in [-0.15, -0.1) is 0 Å². The van der Waals surface area contributed by atoms with Crippen molar-refractivity contribution in [2.45, 2.75) is 0 Å². The van der Waals surface area contributed by atoms with Crippen LogP contribution in [0, 0.1) is 11.3 Å². The molecule has 0 fully saturated rings. The SMILES string of the molecule is COc1cc(C(=O)O)ccc1-c1ccc(C#N)cn1. The molecule has 0 saturated carbocycles. The lowest BCUT2D eigenvalue weighted by atomic mass is 10.1. The first kappa shape index (κ1) is 12.6. The Kier molecular flexibility index (Phi) is 3.44. The first-order chi connectivity index (χ1) is 9.15. The Morgan fingerprint density at radius 3 is 2.68 bits per heavy atom. The molecule has 19 heavy (non-hydrogen) atoms. The zero-order chi connectivity index (χ0) is 13.8. The molecule has 0 aliphatic rings. The zero-order valence-corrected chi connectivity index (χ0v) is 10.1. The second kappa shape index (κ2) is 5.19. The summed E-state index contributed by atoms with van der Waals surface area (Å²) >= 11 is 0. The van der Waals surface area contributed by atoms with Gasteiger partial charge in [-0.25, -0.2) is 4.79 Å². The number of nitrogens with zero attached hydrogens (tertiary/aromatic N) is 2. The molecule has 1 aromatic heterocycles. The number of rotatable bonds is 3. The molecule has 0 radical (unpaired) electrons. The fourth-order valence-corrected chi connectivity index (χ4v) is 1.66. The van der Waals surface area contributed by atoms with Crippen molar-refractivity contribution in [3.8, 4) is 23.1 Å². The van der Waals surface area contributed by atoms with E-state index in [0.717, 1.165) is 0 Å². The summed E-state index contributed by atoms with van der Waals surface area (Å²) in [5.74, 6) is -0.588. The second-order valence-electron chi connectivity index (χ2n) is 3.76. The Labute approximate surface area is 109 Å². The molecule has 0 aliphatic carbocycles. The summed E-state index contributed by atoms with van der Waals surface area (Å²) in [5.41, 5.74) is 1.91. The second-order valence-corrected chi connectivity index (χ2v) is 3.76. The van der Waals surface area contributed by atoms with Crippen molar-refractivity contribution in [2.24, 2.45) is 0 Å². The minimum atomic E-state index is -1.02. The summed E-state index contributed by atoms with van der Waals surface area (Å²) in [4.78, 5) is 15.0. The number of carboxylic acids is 1. The van der Waals surface area contributed by atoms with Gasteiger partial charge in [-0.05, 0) is 30.3 Å². The molecular formula is C14H10N2O3. The largest absolute Gasteiger partial charge is 0.496 e. The van der Waals surface area contributed by atoms with Crippen molar-refractivity contribution >= 4 is 5.97 Å². The molecule has 0 spiro atoms. The Morgan fingerprint density at radius 2 is 2.16 bits per heavy atom. The van der Waals surface area contributed by atoms with Gasteiger partial charge in [0.15, 0.2) is 0 Å². The summed E-state index contributed by atoms with van der Waals surface area (Å²) in [5, 5.41) is 17.6. The van der Waals surface area contributed by atoms with Crippen LogP contribution in [0.3, 0.4) is 0 Å². The molecule has 1 N–H and O–H groups in total. The fraction of sp³-hybridized carbons (Fsp3) is 0.0714. The predicted molar refractivity (Wildman–Crippen MR) is 67.9 cm³/mol. The van der Waals surface area contributed by atoms with Crippen LogP contribution in [0.2, 0.25) is 0 Å². The van der Waals surface area contributed by atoms with E-state index in [2.05, 4.69) is 4.98 Å². The number of benzene rings is 1. The lowest BCUT2D eigenvalue weighted by Gasteiger charge is -2.08. The van der Waals surface area contributed by atoms with Crippen LogP contribution in [0.25, 0.3) is 11.3 Å². The van der Waals surface area contributed by atoms with Gasteiger partial charge in [-0.3, -0.25) is 4.98 Å². The average molecular weight is 254 g/mol. The van der Waals surface area contributed by atoms with E-state index >= 15 is 0 Å². The van der Waals surface area contributed by atoms with E-state index in [4.69, 9.17) is 15.1 Å². The highest BCUT2D eigenvalue weighted by Gasteiger charge is 2.11. The molecule has 2 rings (SSSR count). The lowest BCUT2D eigenvalue weighted by Crippen LogP contribution is -1.98. The number of hydrogen-bond acceptors (Lipinski definition) is 4. The minimum Gasteiger partial charge on any atom is -0.496 e. The molecule has 0 unspecified atom stereocenters. The van der Waals surface area contributed by atoms with E-state index in [1.54, 1.807) is 18.2 Å². The highest BCUT2D eigenvalue weighted by atomic mass is 16.5. The number of aromatic nitrogens is 1. The van der Waals surface area contributed by atoms with E-state index in [9.17, 15) is 4.79 Å². The summed E-state index contributed by atoms with van der Waals surface area (Å²) in [6.07, 6.45) is 1.46. The van der Waals surface area contributed by atoms with Crippen molar-refractivity contribution < 1.29 is 14.6 Å². The molecule has 2 aromatic rings. The average Bonchev–Trinajstić information content (AvgIpc) is 2.46. The molecule has 0 saturated heterocycles. The van der Waals surface area contributed by atoms with Gasteiger partial charge in [-0.1, -0.05) is 0 Å². The first-order valence-electron chi connectivity index (χ1n) is 5.43. The number of ether oxygens (including phenoxy) is 1. The molecule has 0 aliphatic heterocycles. The molecule has 1 aromatic carbocycles. The highest BCUT2D eigenvalue weighted by Crippen LogP contribution is 2.29. The third kappa shape index (κ3) is 2.53. The summed E-state index contributed by atoms with van der Waals surface area (Å²) in [7, 11) is 1.47. The maximum atomic E-state index is 10.9. The molecule has 94 valence electrons. The van der Waals surface area contributed by atoms with Gasteiger partial charge in [0.25, 0.3) is 0 Å². The van der Waals surface area contributed by atoms with E-state index in [1.807, 2.05) is 6.07 Å². The van der Waals surface area contributed by atoms with Crippen LogP contribution in [0.5, 0.6) is 5.75 Å². The van der Waals surface area contributed by atoms with Crippen molar-refractivity contribution in [2.75, 3.05) is 7.11 Å². The van der Waals surface area contributed by atoms with Crippen molar-refractivity contribution in [1.29, 1.82) is 5.26 Å². The molecule has 0 atom stereocenters. The number of hydrogen-bond donors (Lipinski definition) is 1. The van der Waals surface area contributed by atoms with E-state index in [-0.39, 0.29) is 5.56 Å². The maximum absolute atomic E-state index is 10.9. The fourth-order valence-electron chi connectivity index (χ4n) is 1.66. The van der Waals surface area contributed by atoms with Gasteiger partial charge in [-0.2, -0.15) is 5.26 Å². The normalized spacial score (nSPS) is 9.68. The Morgan fingerprint density at radius 1 is 1.37 bits per heavy atom. The van der Waals surface area contributed by atoms with Crippen LogP contribution in [-0.4, -0.2) is 23.2 Å². The van der Waals surface area contributed by atoms with Crippen molar-refractivity contribution in [3.05, 3.63) is 47.7 Å². The van der Waals surface area contributed by atoms with E-state index in [0.29, 0.717) is 22.6 Å². The summed E-state index contributed by atoms with van der Waals surface area (Å²) < 4.78 is 5.18. The van der Waals surface area contributed by atoms with Gasteiger partial charge in [0.2, 0.25) is 0 Å². The van der Waals surface area contributed by atoms with Crippen LogP contribution in [0.4, 0.5) is 0 Å². The molecule has 0 amide bonds. The topological polar surface area (TPSA) is 83.2 Å². The Balaban J connectivity index is 2.49. The summed E-state index contributed by atoms with van der Waals surface area (Å²) in [6, 6.07) is 9.89. The number of carboxylic acid groups (broad SMARTS) is 1. The minimum absolute atomic E-state index is 0.147. The number of methoxy groups -OCH3 is 1. The first-order valence-corrected chi connectivity index (χ1v) is 5.43.